The van der Waals surface area contributed by atoms with Gasteiger partial charge < -0.3 is 25.7 Å². The van der Waals surface area contributed by atoms with Gasteiger partial charge in [-0.2, -0.15) is 0 Å². The van der Waals surface area contributed by atoms with Crippen LogP contribution in [0.1, 0.15) is 23.3 Å². The summed E-state index contributed by atoms with van der Waals surface area (Å²) in [5, 5.41) is 8.62. The maximum atomic E-state index is 12.2. The summed E-state index contributed by atoms with van der Waals surface area (Å²) in [6.45, 7) is 0.241. The Kier molecular flexibility index (Phi) is 5.93. The zero-order valence-electron chi connectivity index (χ0n) is 15.4. The highest BCUT2D eigenvalue weighted by Gasteiger charge is 2.31. The molecule has 1 fully saturated rings. The second kappa shape index (κ2) is 8.55. The second-order valence-electron chi connectivity index (χ2n) is 6.61. The quantitative estimate of drug-likeness (QED) is 0.501. The molecule has 9 heteroatoms. The van der Waals surface area contributed by atoms with E-state index in [4.69, 9.17) is 4.74 Å². The summed E-state index contributed by atoms with van der Waals surface area (Å²) in [7, 11) is 1.22. The minimum Gasteiger partial charge on any atom is -0.467 e. The summed E-state index contributed by atoms with van der Waals surface area (Å²) in [6, 6.07) is 8.18. The first-order valence-electron chi connectivity index (χ1n) is 8.99. The summed E-state index contributed by atoms with van der Waals surface area (Å²) in [5.74, 6) is -2.11. The van der Waals surface area contributed by atoms with Crippen molar-refractivity contribution >= 4 is 34.6 Å². The molecule has 2 heterocycles. The number of benzene rings is 1. The van der Waals surface area contributed by atoms with Crippen molar-refractivity contribution < 1.29 is 23.9 Å². The Hall–Kier alpha value is -3.36. The lowest BCUT2D eigenvalue weighted by atomic mass is 9.98. The van der Waals surface area contributed by atoms with E-state index in [1.807, 2.05) is 24.3 Å². The van der Waals surface area contributed by atoms with Crippen molar-refractivity contribution in [3.63, 3.8) is 0 Å². The van der Waals surface area contributed by atoms with Crippen LogP contribution in [-0.4, -0.2) is 54.9 Å². The van der Waals surface area contributed by atoms with Crippen LogP contribution in [0.25, 0.3) is 10.9 Å². The normalized spacial score (nSPS) is 17.0. The lowest BCUT2D eigenvalue weighted by Gasteiger charge is -2.18. The van der Waals surface area contributed by atoms with Crippen molar-refractivity contribution in [2.24, 2.45) is 5.92 Å². The highest BCUT2D eigenvalue weighted by atomic mass is 16.5. The Morgan fingerprint density at radius 3 is 2.75 bits per heavy atom. The number of ether oxygens (including phenoxy) is 1. The van der Waals surface area contributed by atoms with Gasteiger partial charge in [0.2, 0.25) is 11.8 Å². The molecule has 1 aromatic heterocycles. The largest absolute Gasteiger partial charge is 0.467 e. The Bertz CT molecular complexity index is 874. The van der Waals surface area contributed by atoms with E-state index in [1.165, 1.54) is 7.11 Å². The van der Waals surface area contributed by atoms with Gasteiger partial charge in [-0.25, -0.2) is 4.79 Å². The van der Waals surface area contributed by atoms with Gasteiger partial charge in [-0.05, 0) is 25.0 Å². The SMILES string of the molecule is COC(=O)C(CC1CCNC1=O)NC(=O)CNC(=O)c1cc2ccccc2[nH]1. The van der Waals surface area contributed by atoms with Gasteiger partial charge in [-0.1, -0.05) is 18.2 Å². The third-order valence-corrected chi connectivity index (χ3v) is 4.69. The number of para-hydroxylation sites is 1. The van der Waals surface area contributed by atoms with E-state index < -0.39 is 23.8 Å². The molecular weight excluding hydrogens is 364 g/mol. The first-order valence-corrected chi connectivity index (χ1v) is 8.99. The molecule has 0 saturated carbocycles. The molecule has 148 valence electrons. The number of fused-ring (bicyclic) bond motifs is 1. The molecule has 2 unspecified atom stereocenters. The van der Waals surface area contributed by atoms with E-state index in [0.29, 0.717) is 18.7 Å². The van der Waals surface area contributed by atoms with Gasteiger partial charge in [0.1, 0.15) is 11.7 Å². The number of hydrogen-bond donors (Lipinski definition) is 4. The van der Waals surface area contributed by atoms with Crippen LogP contribution in [0, 0.1) is 5.92 Å². The molecular formula is C19H22N4O5. The van der Waals surface area contributed by atoms with Crippen molar-refractivity contribution in [3.8, 4) is 0 Å². The first-order chi connectivity index (χ1) is 13.5. The Labute approximate surface area is 161 Å². The summed E-state index contributed by atoms with van der Waals surface area (Å²) >= 11 is 0. The van der Waals surface area contributed by atoms with Crippen molar-refractivity contribution in [1.29, 1.82) is 0 Å². The fourth-order valence-electron chi connectivity index (χ4n) is 3.21. The minimum absolute atomic E-state index is 0.143. The zero-order chi connectivity index (χ0) is 20.1. The molecule has 0 radical (unpaired) electrons. The van der Waals surface area contributed by atoms with Crippen molar-refractivity contribution in [1.82, 2.24) is 20.9 Å². The number of esters is 1. The predicted octanol–water partition coefficient (Wildman–Crippen LogP) is 0.0817. The topological polar surface area (TPSA) is 129 Å². The summed E-state index contributed by atoms with van der Waals surface area (Å²) < 4.78 is 4.71. The number of H-pyrrole nitrogens is 1. The number of carbonyl (C=O) groups excluding carboxylic acids is 4. The summed E-state index contributed by atoms with van der Waals surface area (Å²) in [6.07, 6.45) is 0.750. The van der Waals surface area contributed by atoms with Gasteiger partial charge in [0.15, 0.2) is 0 Å². The van der Waals surface area contributed by atoms with Crippen LogP contribution in [0.3, 0.4) is 0 Å². The van der Waals surface area contributed by atoms with E-state index in [-0.39, 0.29) is 24.8 Å². The lowest BCUT2D eigenvalue weighted by Crippen LogP contribution is -2.47. The molecule has 2 aromatic rings. The smallest absolute Gasteiger partial charge is 0.328 e. The van der Waals surface area contributed by atoms with Gasteiger partial charge >= 0.3 is 5.97 Å². The molecule has 0 bridgehead atoms. The Balaban J connectivity index is 1.55. The fourth-order valence-corrected chi connectivity index (χ4v) is 3.21. The number of nitrogens with one attached hydrogen (secondary N) is 4. The third kappa shape index (κ3) is 4.48. The monoisotopic (exact) mass is 386 g/mol. The molecule has 28 heavy (non-hydrogen) atoms. The Morgan fingerprint density at radius 1 is 1.29 bits per heavy atom. The number of carbonyl (C=O) groups is 4. The lowest BCUT2D eigenvalue weighted by molar-refractivity contribution is -0.145. The average Bonchev–Trinajstić information content (AvgIpc) is 3.31. The number of methoxy groups -OCH3 is 1. The standard InChI is InChI=1S/C19H22N4O5/c1-28-19(27)15(9-12-6-7-20-17(12)25)23-16(24)10-21-18(26)14-8-11-4-2-3-5-13(11)22-14/h2-5,8,12,15,22H,6-7,9-10H2,1H3,(H,20,25)(H,21,26)(H,23,24). The fraction of sp³-hybridized carbons (Fsp3) is 0.368. The Morgan fingerprint density at radius 2 is 2.07 bits per heavy atom. The maximum absolute atomic E-state index is 12.2. The minimum atomic E-state index is -0.948. The molecule has 3 amide bonds. The zero-order valence-corrected chi connectivity index (χ0v) is 15.4. The maximum Gasteiger partial charge on any atom is 0.328 e. The summed E-state index contributed by atoms with van der Waals surface area (Å²) in [4.78, 5) is 51.1. The van der Waals surface area contributed by atoms with E-state index in [2.05, 4.69) is 20.9 Å². The van der Waals surface area contributed by atoms with Crippen LogP contribution >= 0.6 is 0 Å². The van der Waals surface area contributed by atoms with Crippen LogP contribution < -0.4 is 16.0 Å². The van der Waals surface area contributed by atoms with Crippen LogP contribution in [0.5, 0.6) is 0 Å². The van der Waals surface area contributed by atoms with Crippen molar-refractivity contribution in [2.45, 2.75) is 18.9 Å². The van der Waals surface area contributed by atoms with Gasteiger partial charge in [0, 0.05) is 23.4 Å². The predicted molar refractivity (Wildman–Crippen MR) is 100 cm³/mol. The number of hydrogen-bond acceptors (Lipinski definition) is 5. The van der Waals surface area contributed by atoms with Crippen molar-refractivity contribution in [3.05, 3.63) is 36.0 Å². The van der Waals surface area contributed by atoms with Crippen LogP contribution in [0.2, 0.25) is 0 Å². The summed E-state index contributed by atoms with van der Waals surface area (Å²) in [5.41, 5.74) is 1.15. The number of aromatic nitrogens is 1. The first kappa shape index (κ1) is 19.4. The molecule has 0 aliphatic carbocycles. The molecule has 1 aromatic carbocycles. The van der Waals surface area contributed by atoms with Crippen molar-refractivity contribution in [2.75, 3.05) is 20.2 Å². The van der Waals surface area contributed by atoms with Crippen LogP contribution in [0.15, 0.2) is 30.3 Å². The van der Waals surface area contributed by atoms with E-state index in [1.54, 1.807) is 6.07 Å². The van der Waals surface area contributed by atoms with E-state index in [0.717, 1.165) is 10.9 Å². The number of amides is 3. The van der Waals surface area contributed by atoms with Gasteiger partial charge in [-0.3, -0.25) is 14.4 Å². The van der Waals surface area contributed by atoms with Crippen LogP contribution in [-0.2, 0) is 19.1 Å². The molecule has 4 N–H and O–H groups in total. The molecule has 3 rings (SSSR count). The van der Waals surface area contributed by atoms with E-state index >= 15 is 0 Å². The third-order valence-electron chi connectivity index (χ3n) is 4.69. The molecule has 9 nitrogen and oxygen atoms in total. The molecule has 0 spiro atoms. The van der Waals surface area contributed by atoms with Gasteiger partial charge in [-0.15, -0.1) is 0 Å². The molecule has 1 aliphatic rings. The molecule has 1 aliphatic heterocycles. The average molecular weight is 386 g/mol. The van der Waals surface area contributed by atoms with E-state index in [9.17, 15) is 19.2 Å². The van der Waals surface area contributed by atoms with Gasteiger partial charge in [0.25, 0.3) is 5.91 Å². The number of aromatic amines is 1. The molecule has 2 atom stereocenters. The molecule has 1 saturated heterocycles. The second-order valence-corrected chi connectivity index (χ2v) is 6.61. The number of rotatable bonds is 7. The highest BCUT2D eigenvalue weighted by molar-refractivity contribution is 5.99. The van der Waals surface area contributed by atoms with Crippen LogP contribution in [0.4, 0.5) is 0 Å². The van der Waals surface area contributed by atoms with Gasteiger partial charge in [0.05, 0.1) is 13.7 Å². The highest BCUT2D eigenvalue weighted by Crippen LogP contribution is 2.17.